The molecule has 1 aliphatic heterocycles. The first-order chi connectivity index (χ1) is 5.70. The predicted molar refractivity (Wildman–Crippen MR) is 47.0 cm³/mol. The summed E-state index contributed by atoms with van der Waals surface area (Å²) in [6.07, 6.45) is 5.40. The van der Waals surface area contributed by atoms with Crippen LogP contribution in [-0.4, -0.2) is 35.1 Å². The van der Waals surface area contributed by atoms with E-state index in [1.54, 1.807) is 6.08 Å². The molecule has 1 fully saturated rings. The van der Waals surface area contributed by atoms with Crippen LogP contribution < -0.4 is 0 Å². The lowest BCUT2D eigenvalue weighted by atomic mass is 10.2. The number of likely N-dealkylation sites (tertiary alicyclic amines) is 1. The van der Waals surface area contributed by atoms with Gasteiger partial charge in [0.1, 0.15) is 0 Å². The monoisotopic (exact) mass is 169 g/mol. The van der Waals surface area contributed by atoms with E-state index in [0.717, 1.165) is 13.1 Å². The Morgan fingerprint density at radius 3 is 3.00 bits per heavy atom. The molecule has 1 heterocycles. The first kappa shape index (κ1) is 9.26. The number of aliphatic carboxylic acids is 1. The third-order valence-corrected chi connectivity index (χ3v) is 2.29. The maximum Gasteiger partial charge on any atom is 0.328 e. The number of hydrogen-bond donors (Lipinski definition) is 1. The average Bonchev–Trinajstić information content (AvgIpc) is 2.36. The zero-order chi connectivity index (χ0) is 8.97. The Balaban J connectivity index is 2.26. The molecule has 12 heavy (non-hydrogen) atoms. The molecular formula is C9H15NO2. The highest BCUT2D eigenvalue weighted by Crippen LogP contribution is 2.15. The van der Waals surface area contributed by atoms with Crippen molar-refractivity contribution in [1.82, 2.24) is 4.90 Å². The van der Waals surface area contributed by atoms with Crippen LogP contribution in [0.3, 0.4) is 0 Å². The van der Waals surface area contributed by atoms with Gasteiger partial charge in [-0.25, -0.2) is 4.79 Å². The third kappa shape index (κ3) is 2.66. The molecule has 0 radical (unpaired) electrons. The van der Waals surface area contributed by atoms with Crippen LogP contribution >= 0.6 is 0 Å². The van der Waals surface area contributed by atoms with Gasteiger partial charge in [-0.15, -0.1) is 0 Å². The number of carboxylic acid groups (broad SMARTS) is 1. The molecule has 0 amide bonds. The van der Waals surface area contributed by atoms with Crippen LogP contribution in [-0.2, 0) is 4.79 Å². The lowest BCUT2D eigenvalue weighted by Crippen LogP contribution is -2.26. The van der Waals surface area contributed by atoms with Gasteiger partial charge in [0.15, 0.2) is 0 Å². The van der Waals surface area contributed by atoms with Gasteiger partial charge in [0.25, 0.3) is 0 Å². The fourth-order valence-corrected chi connectivity index (χ4v) is 1.55. The smallest absolute Gasteiger partial charge is 0.328 e. The number of carboxylic acids is 1. The van der Waals surface area contributed by atoms with E-state index in [0.29, 0.717) is 6.04 Å². The van der Waals surface area contributed by atoms with Gasteiger partial charge >= 0.3 is 5.97 Å². The Bertz CT molecular complexity index is 189. The molecule has 1 saturated heterocycles. The Morgan fingerprint density at radius 2 is 2.50 bits per heavy atom. The second-order valence-corrected chi connectivity index (χ2v) is 3.23. The molecule has 1 rings (SSSR count). The summed E-state index contributed by atoms with van der Waals surface area (Å²) in [7, 11) is 0. The maximum absolute atomic E-state index is 10.1. The summed E-state index contributed by atoms with van der Waals surface area (Å²) < 4.78 is 0. The molecule has 1 N–H and O–H groups in total. The molecule has 3 nitrogen and oxygen atoms in total. The minimum Gasteiger partial charge on any atom is -0.478 e. The fraction of sp³-hybridized carbons (Fsp3) is 0.667. The Labute approximate surface area is 72.7 Å². The first-order valence-corrected chi connectivity index (χ1v) is 4.33. The van der Waals surface area contributed by atoms with Crippen molar-refractivity contribution in [3.8, 4) is 0 Å². The summed E-state index contributed by atoms with van der Waals surface area (Å²) in [4.78, 5) is 12.4. The molecule has 3 heteroatoms. The van der Waals surface area contributed by atoms with Crippen molar-refractivity contribution in [2.45, 2.75) is 25.8 Å². The minimum absolute atomic E-state index is 0.614. The topological polar surface area (TPSA) is 40.5 Å². The Morgan fingerprint density at radius 1 is 1.75 bits per heavy atom. The van der Waals surface area contributed by atoms with Crippen LogP contribution in [0.2, 0.25) is 0 Å². The van der Waals surface area contributed by atoms with Crippen molar-refractivity contribution < 1.29 is 9.90 Å². The summed E-state index contributed by atoms with van der Waals surface area (Å²) in [5.41, 5.74) is 0. The van der Waals surface area contributed by atoms with E-state index >= 15 is 0 Å². The number of rotatable bonds is 3. The van der Waals surface area contributed by atoms with Gasteiger partial charge in [-0.05, 0) is 26.3 Å². The van der Waals surface area contributed by atoms with Gasteiger partial charge in [0.2, 0.25) is 0 Å². The van der Waals surface area contributed by atoms with E-state index in [-0.39, 0.29) is 0 Å². The Kier molecular flexibility index (Phi) is 3.29. The molecule has 1 aliphatic rings. The zero-order valence-corrected chi connectivity index (χ0v) is 7.36. The zero-order valence-electron chi connectivity index (χ0n) is 7.36. The summed E-state index contributed by atoms with van der Waals surface area (Å²) >= 11 is 0. The maximum atomic E-state index is 10.1. The van der Waals surface area contributed by atoms with Crippen LogP contribution in [0.5, 0.6) is 0 Å². The molecule has 0 aromatic carbocycles. The van der Waals surface area contributed by atoms with Gasteiger partial charge in [0.05, 0.1) is 0 Å². The normalized spacial score (nSPS) is 25.2. The molecular weight excluding hydrogens is 154 g/mol. The van der Waals surface area contributed by atoms with Crippen molar-refractivity contribution in [3.05, 3.63) is 12.2 Å². The first-order valence-electron chi connectivity index (χ1n) is 4.33. The molecule has 1 atom stereocenters. The third-order valence-electron chi connectivity index (χ3n) is 2.29. The summed E-state index contributed by atoms with van der Waals surface area (Å²) in [6, 6.07) is 0.614. The Hall–Kier alpha value is -0.830. The van der Waals surface area contributed by atoms with Crippen LogP contribution in [0.1, 0.15) is 19.8 Å². The highest BCUT2D eigenvalue weighted by molar-refractivity contribution is 5.79. The van der Waals surface area contributed by atoms with Crippen molar-refractivity contribution in [1.29, 1.82) is 0 Å². The van der Waals surface area contributed by atoms with Gasteiger partial charge < -0.3 is 5.11 Å². The lowest BCUT2D eigenvalue weighted by molar-refractivity contribution is -0.131. The van der Waals surface area contributed by atoms with E-state index in [1.807, 2.05) is 0 Å². The molecule has 68 valence electrons. The van der Waals surface area contributed by atoms with Crippen LogP contribution in [0.25, 0.3) is 0 Å². The van der Waals surface area contributed by atoms with Gasteiger partial charge in [-0.3, -0.25) is 4.90 Å². The van der Waals surface area contributed by atoms with Crippen LogP contribution in [0.15, 0.2) is 12.2 Å². The highest BCUT2D eigenvalue weighted by atomic mass is 16.4. The van der Waals surface area contributed by atoms with E-state index in [1.165, 1.54) is 18.9 Å². The number of hydrogen-bond acceptors (Lipinski definition) is 2. The van der Waals surface area contributed by atoms with E-state index in [9.17, 15) is 4.79 Å². The van der Waals surface area contributed by atoms with Gasteiger partial charge in [-0.1, -0.05) is 6.08 Å². The quantitative estimate of drug-likeness (QED) is 0.643. The van der Waals surface area contributed by atoms with Crippen LogP contribution in [0, 0.1) is 0 Å². The van der Waals surface area contributed by atoms with Crippen molar-refractivity contribution in [2.24, 2.45) is 0 Å². The predicted octanol–water partition coefficient (Wildman–Crippen LogP) is 1.11. The minimum atomic E-state index is -0.859. The summed E-state index contributed by atoms with van der Waals surface area (Å²) in [6.45, 7) is 4.06. The van der Waals surface area contributed by atoms with Crippen molar-refractivity contribution in [2.75, 3.05) is 13.1 Å². The van der Waals surface area contributed by atoms with Gasteiger partial charge in [-0.2, -0.15) is 0 Å². The SMILES string of the molecule is CC1CCCN1C/C=C/C(=O)O. The second-order valence-electron chi connectivity index (χ2n) is 3.23. The molecule has 0 spiro atoms. The van der Waals surface area contributed by atoms with Crippen LogP contribution in [0.4, 0.5) is 0 Å². The van der Waals surface area contributed by atoms with E-state index in [2.05, 4.69) is 11.8 Å². The lowest BCUT2D eigenvalue weighted by Gasteiger charge is -2.18. The van der Waals surface area contributed by atoms with E-state index in [4.69, 9.17) is 5.11 Å². The standard InChI is InChI=1S/C9H15NO2/c1-8-4-2-6-10(8)7-3-5-9(11)12/h3,5,8H,2,4,6-7H2,1H3,(H,11,12)/b5-3+. The number of carbonyl (C=O) groups is 1. The largest absolute Gasteiger partial charge is 0.478 e. The highest BCUT2D eigenvalue weighted by Gasteiger charge is 2.18. The van der Waals surface area contributed by atoms with E-state index < -0.39 is 5.97 Å². The molecule has 0 aromatic heterocycles. The summed E-state index contributed by atoms with van der Waals surface area (Å²) in [5, 5.41) is 8.35. The molecule has 1 unspecified atom stereocenters. The second kappa shape index (κ2) is 4.26. The molecule has 0 aliphatic carbocycles. The average molecular weight is 169 g/mol. The molecule has 0 aromatic rings. The van der Waals surface area contributed by atoms with Crippen molar-refractivity contribution in [3.63, 3.8) is 0 Å². The van der Waals surface area contributed by atoms with Crippen molar-refractivity contribution >= 4 is 5.97 Å². The molecule has 0 bridgehead atoms. The fourth-order valence-electron chi connectivity index (χ4n) is 1.55. The summed E-state index contributed by atoms with van der Waals surface area (Å²) in [5.74, 6) is -0.859. The van der Waals surface area contributed by atoms with Gasteiger partial charge in [0, 0.05) is 18.7 Å². The number of nitrogens with zero attached hydrogens (tertiary/aromatic N) is 1. The molecule has 0 saturated carbocycles.